The van der Waals surface area contributed by atoms with Crippen LogP contribution in [0.25, 0.3) is 0 Å². The summed E-state index contributed by atoms with van der Waals surface area (Å²) in [7, 11) is 0.660. The summed E-state index contributed by atoms with van der Waals surface area (Å²) >= 11 is 0. The van der Waals surface area contributed by atoms with Gasteiger partial charge in [0, 0.05) is 0 Å². The Balaban J connectivity index is 2.66. The van der Waals surface area contributed by atoms with Crippen LogP contribution in [-0.4, -0.2) is 16.2 Å². The molecule has 0 bridgehead atoms. The van der Waals surface area contributed by atoms with Crippen LogP contribution in [0.15, 0.2) is 24.3 Å². The topological polar surface area (TPSA) is 9.23 Å². The molecule has 21 heavy (non-hydrogen) atoms. The highest BCUT2D eigenvalue weighted by atomic mass is 28.3. The summed E-state index contributed by atoms with van der Waals surface area (Å²) in [5, 5.41) is 2.81. The van der Waals surface area contributed by atoms with E-state index in [-0.39, 0.29) is 0 Å². The lowest BCUT2D eigenvalue weighted by atomic mass is 10.1. The average Bonchev–Trinajstić information content (AvgIpc) is 2.34. The second kappa shape index (κ2) is 6.16. The molecule has 112 valence electrons. The molecule has 0 saturated heterocycles. The molecule has 0 saturated carbocycles. The first-order valence-electron chi connectivity index (χ1n) is 7.42. The number of rotatable bonds is 3. The van der Waals surface area contributed by atoms with Crippen molar-refractivity contribution in [2.75, 3.05) is 7.11 Å². The van der Waals surface area contributed by atoms with E-state index in [0.717, 1.165) is 0 Å². The average molecular weight is 297 g/mol. The van der Waals surface area contributed by atoms with Crippen LogP contribution in [0, 0.1) is 41.5 Å². The van der Waals surface area contributed by atoms with E-state index in [4.69, 9.17) is 4.43 Å². The van der Waals surface area contributed by atoms with Crippen molar-refractivity contribution in [1.29, 1.82) is 0 Å². The Kier molecular flexibility index (Phi) is 4.69. The largest absolute Gasteiger partial charge is 0.561 e. The first-order chi connectivity index (χ1) is 9.85. The fraction of sp³-hybridized carbons (Fsp3) is 0.368. The maximum Gasteiger partial charge on any atom is -0.00636 e. The summed E-state index contributed by atoms with van der Waals surface area (Å²) in [5.74, 6) is 0. The van der Waals surface area contributed by atoms with E-state index < -0.39 is 9.04 Å². The molecular weight excluding hydrogens is 272 g/mol. The third-order valence-electron chi connectivity index (χ3n) is 4.01. The molecular formula is C19H25OSi-. The Morgan fingerprint density at radius 3 is 1.14 bits per heavy atom. The zero-order valence-electron chi connectivity index (χ0n) is 14.2. The van der Waals surface area contributed by atoms with Gasteiger partial charge in [0.15, 0.2) is 0 Å². The van der Waals surface area contributed by atoms with E-state index in [1.807, 2.05) is 7.11 Å². The molecule has 0 aliphatic heterocycles. The predicted molar refractivity (Wildman–Crippen MR) is 93.3 cm³/mol. The van der Waals surface area contributed by atoms with Gasteiger partial charge in [0.25, 0.3) is 0 Å². The van der Waals surface area contributed by atoms with Crippen LogP contribution in [0.4, 0.5) is 0 Å². The summed E-state index contributed by atoms with van der Waals surface area (Å²) in [6.45, 7) is 13.1. The van der Waals surface area contributed by atoms with Crippen molar-refractivity contribution < 1.29 is 4.43 Å². The highest BCUT2D eigenvalue weighted by Crippen LogP contribution is 2.12. The number of hydrogen-bond acceptors (Lipinski definition) is 1. The molecule has 0 heterocycles. The SMILES string of the molecule is CO[Si-](c1c(C)cc(C)cc1C)c1c(C)cc(C)cc1C. The zero-order valence-corrected chi connectivity index (χ0v) is 15.2. The normalized spacial score (nSPS) is 10.8. The highest BCUT2D eigenvalue weighted by molar-refractivity contribution is 6.81. The van der Waals surface area contributed by atoms with Crippen molar-refractivity contribution in [3.05, 3.63) is 57.6 Å². The smallest absolute Gasteiger partial charge is 0.00636 e. The van der Waals surface area contributed by atoms with Gasteiger partial charge in [0.2, 0.25) is 0 Å². The predicted octanol–water partition coefficient (Wildman–Crippen LogP) is 3.29. The van der Waals surface area contributed by atoms with Crippen LogP contribution in [0.5, 0.6) is 0 Å². The first-order valence-corrected chi connectivity index (χ1v) is 8.83. The Bertz CT molecular complexity index is 570. The van der Waals surface area contributed by atoms with Crippen molar-refractivity contribution in [2.24, 2.45) is 0 Å². The van der Waals surface area contributed by atoms with Crippen LogP contribution in [0.3, 0.4) is 0 Å². The lowest BCUT2D eigenvalue weighted by Crippen LogP contribution is -2.49. The van der Waals surface area contributed by atoms with Gasteiger partial charge >= 0.3 is 0 Å². The Morgan fingerprint density at radius 1 is 0.619 bits per heavy atom. The highest BCUT2D eigenvalue weighted by Gasteiger charge is 2.10. The van der Waals surface area contributed by atoms with Gasteiger partial charge in [0.1, 0.15) is 0 Å². The molecule has 0 spiro atoms. The van der Waals surface area contributed by atoms with E-state index in [1.165, 1.54) is 43.8 Å². The molecule has 0 aliphatic rings. The van der Waals surface area contributed by atoms with Crippen molar-refractivity contribution >= 4 is 19.4 Å². The van der Waals surface area contributed by atoms with Crippen molar-refractivity contribution in [1.82, 2.24) is 0 Å². The maximum absolute atomic E-state index is 6.03. The number of aryl methyl sites for hydroxylation is 6. The van der Waals surface area contributed by atoms with E-state index in [1.54, 1.807) is 0 Å². The van der Waals surface area contributed by atoms with E-state index >= 15 is 0 Å². The lowest BCUT2D eigenvalue weighted by Gasteiger charge is -2.37. The Morgan fingerprint density at radius 2 is 0.905 bits per heavy atom. The standard InChI is InChI=1S/C19H25OSi/c1-12-8-14(3)18(15(4)9-12)21(20-7)19-16(5)10-13(2)11-17(19)6/h8-11H,1-7H3/q-1. The van der Waals surface area contributed by atoms with Gasteiger partial charge < -0.3 is 4.43 Å². The quantitative estimate of drug-likeness (QED) is 0.790. The summed E-state index contributed by atoms with van der Waals surface area (Å²) in [4.78, 5) is 0. The van der Waals surface area contributed by atoms with Crippen LogP contribution < -0.4 is 10.4 Å². The Labute approximate surface area is 130 Å². The summed E-state index contributed by atoms with van der Waals surface area (Å²) < 4.78 is 6.03. The van der Waals surface area contributed by atoms with Crippen molar-refractivity contribution in [3.63, 3.8) is 0 Å². The molecule has 2 heteroatoms. The van der Waals surface area contributed by atoms with Gasteiger partial charge in [0.05, 0.1) is 0 Å². The van der Waals surface area contributed by atoms with E-state index in [2.05, 4.69) is 65.8 Å². The molecule has 0 N–H and O–H groups in total. The summed E-state index contributed by atoms with van der Waals surface area (Å²) in [6.07, 6.45) is 0. The minimum Gasteiger partial charge on any atom is -0.561 e. The molecule has 0 aromatic heterocycles. The van der Waals surface area contributed by atoms with Gasteiger partial charge in [-0.1, -0.05) is 57.6 Å². The van der Waals surface area contributed by atoms with Gasteiger partial charge in [-0.2, -0.15) is 10.4 Å². The van der Waals surface area contributed by atoms with E-state index in [9.17, 15) is 0 Å². The van der Waals surface area contributed by atoms with E-state index in [0.29, 0.717) is 0 Å². The first kappa shape index (κ1) is 16.0. The van der Waals surface area contributed by atoms with Gasteiger partial charge in [-0.3, -0.25) is 0 Å². The van der Waals surface area contributed by atoms with Gasteiger partial charge in [-0.25, -0.2) is 0 Å². The molecule has 2 rings (SSSR count). The molecule has 2 aromatic rings. The van der Waals surface area contributed by atoms with Crippen LogP contribution in [0.1, 0.15) is 33.4 Å². The minimum absolute atomic E-state index is 1.19. The van der Waals surface area contributed by atoms with Gasteiger partial charge in [-0.15, -0.1) is 9.04 Å². The number of benzene rings is 2. The molecule has 2 aromatic carbocycles. The Hall–Kier alpha value is -1.38. The van der Waals surface area contributed by atoms with Crippen LogP contribution in [-0.2, 0) is 4.43 Å². The summed E-state index contributed by atoms with van der Waals surface area (Å²) in [5.41, 5.74) is 8.04. The molecule has 1 nitrogen and oxygen atoms in total. The van der Waals surface area contributed by atoms with Crippen molar-refractivity contribution in [2.45, 2.75) is 41.5 Å². The third kappa shape index (κ3) is 3.12. The molecule has 0 radical (unpaired) electrons. The second-order valence-corrected chi connectivity index (χ2v) is 8.15. The molecule has 0 unspecified atom stereocenters. The lowest BCUT2D eigenvalue weighted by molar-refractivity contribution is 0.438. The minimum atomic E-state index is -1.19. The molecule has 0 fully saturated rings. The zero-order chi connectivity index (χ0) is 15.7. The molecule has 0 amide bonds. The van der Waals surface area contributed by atoms with Crippen LogP contribution in [0.2, 0.25) is 0 Å². The summed E-state index contributed by atoms with van der Waals surface area (Å²) in [6, 6.07) is 9.07. The fourth-order valence-electron chi connectivity index (χ4n) is 3.41. The monoisotopic (exact) mass is 297 g/mol. The van der Waals surface area contributed by atoms with Crippen molar-refractivity contribution in [3.8, 4) is 0 Å². The molecule has 0 aliphatic carbocycles. The fourth-order valence-corrected chi connectivity index (χ4v) is 5.79. The maximum atomic E-state index is 6.03. The third-order valence-corrected chi connectivity index (χ3v) is 6.91. The second-order valence-electron chi connectivity index (χ2n) is 6.08. The van der Waals surface area contributed by atoms with Gasteiger partial charge in [-0.05, 0) is 48.7 Å². The van der Waals surface area contributed by atoms with Crippen LogP contribution >= 0.6 is 0 Å². The number of hydrogen-bond donors (Lipinski definition) is 0. The molecule has 0 atom stereocenters.